The van der Waals surface area contributed by atoms with E-state index in [9.17, 15) is 14.4 Å². The summed E-state index contributed by atoms with van der Waals surface area (Å²) in [5.41, 5.74) is 0.608. The van der Waals surface area contributed by atoms with Crippen LogP contribution in [-0.4, -0.2) is 52.8 Å². The number of nitrogens with zero attached hydrogens (tertiary/aromatic N) is 3. The summed E-state index contributed by atoms with van der Waals surface area (Å²) in [6.07, 6.45) is 6.24. The number of fused-ring (bicyclic) bond motifs is 1. The fourth-order valence-corrected chi connectivity index (χ4v) is 5.59. The van der Waals surface area contributed by atoms with Gasteiger partial charge in [-0.2, -0.15) is 0 Å². The molecule has 1 spiro atoms. The van der Waals surface area contributed by atoms with Crippen LogP contribution in [0.25, 0.3) is 0 Å². The number of hydrogen-bond donors (Lipinski definition) is 2. The molecule has 1 saturated heterocycles. The highest BCUT2D eigenvalue weighted by Crippen LogP contribution is 2.45. The highest BCUT2D eigenvalue weighted by molar-refractivity contribution is 6.30. The summed E-state index contributed by atoms with van der Waals surface area (Å²) in [5, 5.41) is 6.37. The van der Waals surface area contributed by atoms with E-state index in [4.69, 9.17) is 11.6 Å². The predicted molar refractivity (Wildman–Crippen MR) is 131 cm³/mol. The van der Waals surface area contributed by atoms with Crippen LogP contribution in [0.5, 0.6) is 0 Å². The SMILES string of the molecule is O=C(Nc1ccc(Cl)cn1)C1CCCN(CC(=O)N2c3ccccc3NC(=O)C23CCCC3)C1. The Kier molecular flexibility index (Phi) is 6.27. The summed E-state index contributed by atoms with van der Waals surface area (Å²) in [6.45, 7) is 1.40. The molecule has 2 N–H and O–H groups in total. The smallest absolute Gasteiger partial charge is 0.250 e. The standard InChI is InChI=1S/C25H28ClN5O3/c26-18-9-10-21(27-14-18)29-23(33)17-6-5-13-30(15-17)16-22(32)31-20-8-2-1-7-19(20)28-24(34)25(31)11-3-4-12-25/h1-2,7-10,14,17H,3-6,11-13,15-16H2,(H,28,34)(H,27,29,33). The highest BCUT2D eigenvalue weighted by atomic mass is 35.5. The lowest BCUT2D eigenvalue weighted by molar-refractivity contribution is -0.128. The molecule has 1 aromatic carbocycles. The number of rotatable bonds is 4. The lowest BCUT2D eigenvalue weighted by atomic mass is 9.89. The molecule has 0 bridgehead atoms. The van der Waals surface area contributed by atoms with Crippen molar-refractivity contribution in [2.24, 2.45) is 5.92 Å². The van der Waals surface area contributed by atoms with E-state index in [1.54, 1.807) is 17.0 Å². The number of para-hydroxylation sites is 2. The van der Waals surface area contributed by atoms with Gasteiger partial charge in [0, 0.05) is 12.7 Å². The second-order valence-corrected chi connectivity index (χ2v) is 9.80. The van der Waals surface area contributed by atoms with Gasteiger partial charge in [0.15, 0.2) is 0 Å². The summed E-state index contributed by atoms with van der Waals surface area (Å²) < 4.78 is 0. The molecule has 34 heavy (non-hydrogen) atoms. The molecule has 1 atom stereocenters. The van der Waals surface area contributed by atoms with E-state index in [1.807, 2.05) is 29.2 Å². The third-order valence-electron chi connectivity index (χ3n) is 7.14. The fraction of sp³-hybridized carbons (Fsp3) is 0.440. The Bertz CT molecular complexity index is 1100. The first-order chi connectivity index (χ1) is 16.5. The van der Waals surface area contributed by atoms with Crippen LogP contribution < -0.4 is 15.5 Å². The van der Waals surface area contributed by atoms with E-state index in [-0.39, 0.29) is 30.2 Å². The van der Waals surface area contributed by atoms with Gasteiger partial charge in [-0.05, 0) is 56.5 Å². The third kappa shape index (κ3) is 4.28. The van der Waals surface area contributed by atoms with Gasteiger partial charge in [0.2, 0.25) is 11.8 Å². The first kappa shape index (κ1) is 22.8. The molecule has 2 aromatic rings. The summed E-state index contributed by atoms with van der Waals surface area (Å²) in [4.78, 5) is 47.6. The molecule has 3 aliphatic rings. The zero-order chi connectivity index (χ0) is 23.7. The van der Waals surface area contributed by atoms with Crippen molar-refractivity contribution in [1.82, 2.24) is 9.88 Å². The summed E-state index contributed by atoms with van der Waals surface area (Å²) in [6, 6.07) is 10.8. The minimum absolute atomic E-state index is 0.0929. The molecular weight excluding hydrogens is 454 g/mol. The molecule has 1 unspecified atom stereocenters. The van der Waals surface area contributed by atoms with Crippen LogP contribution in [0.15, 0.2) is 42.6 Å². The molecular formula is C25H28ClN5O3. The average Bonchev–Trinajstić information content (AvgIpc) is 3.32. The Morgan fingerprint density at radius 2 is 1.94 bits per heavy atom. The molecule has 1 saturated carbocycles. The number of carbonyl (C=O) groups is 3. The monoisotopic (exact) mass is 481 g/mol. The summed E-state index contributed by atoms with van der Waals surface area (Å²) in [5.74, 6) is -0.0758. The number of halogens is 1. The number of piperidine rings is 1. The number of carbonyl (C=O) groups excluding carboxylic acids is 3. The molecule has 178 valence electrons. The zero-order valence-corrected chi connectivity index (χ0v) is 19.7. The molecule has 3 heterocycles. The minimum Gasteiger partial charge on any atom is -0.322 e. The van der Waals surface area contributed by atoms with Crippen LogP contribution in [0, 0.1) is 5.92 Å². The van der Waals surface area contributed by atoms with Gasteiger partial charge in [-0.1, -0.05) is 36.6 Å². The Balaban J connectivity index is 1.30. The number of likely N-dealkylation sites (tertiary alicyclic amines) is 1. The lowest BCUT2D eigenvalue weighted by Gasteiger charge is -2.45. The molecule has 8 nitrogen and oxygen atoms in total. The molecule has 3 amide bonds. The third-order valence-corrected chi connectivity index (χ3v) is 7.36. The van der Waals surface area contributed by atoms with Crippen molar-refractivity contribution < 1.29 is 14.4 Å². The second kappa shape index (κ2) is 9.35. The largest absolute Gasteiger partial charge is 0.322 e. The normalized spacial score (nSPS) is 21.7. The molecule has 1 aliphatic carbocycles. The van der Waals surface area contributed by atoms with Crippen molar-refractivity contribution in [3.8, 4) is 0 Å². The summed E-state index contributed by atoms with van der Waals surface area (Å²) in [7, 11) is 0. The van der Waals surface area contributed by atoms with E-state index in [2.05, 4.69) is 15.6 Å². The summed E-state index contributed by atoms with van der Waals surface area (Å²) >= 11 is 5.87. The van der Waals surface area contributed by atoms with Crippen LogP contribution >= 0.6 is 11.6 Å². The molecule has 9 heteroatoms. The number of pyridine rings is 1. The van der Waals surface area contributed by atoms with Gasteiger partial charge in [-0.3, -0.25) is 24.2 Å². The fourth-order valence-electron chi connectivity index (χ4n) is 5.48. The molecule has 2 aliphatic heterocycles. The van der Waals surface area contributed by atoms with Crippen LogP contribution in [0.4, 0.5) is 17.2 Å². The van der Waals surface area contributed by atoms with Crippen molar-refractivity contribution in [2.75, 3.05) is 35.2 Å². The minimum atomic E-state index is -0.821. The van der Waals surface area contributed by atoms with Crippen molar-refractivity contribution in [3.63, 3.8) is 0 Å². The number of aromatic nitrogens is 1. The molecule has 1 aromatic heterocycles. The van der Waals surface area contributed by atoms with Crippen molar-refractivity contribution in [2.45, 2.75) is 44.1 Å². The van der Waals surface area contributed by atoms with Crippen LogP contribution in [0.1, 0.15) is 38.5 Å². The van der Waals surface area contributed by atoms with Gasteiger partial charge in [-0.25, -0.2) is 4.98 Å². The first-order valence-electron chi connectivity index (χ1n) is 11.8. The maximum atomic E-state index is 13.7. The van der Waals surface area contributed by atoms with Gasteiger partial charge >= 0.3 is 0 Å². The van der Waals surface area contributed by atoms with Crippen molar-refractivity contribution >= 4 is 46.5 Å². The number of anilines is 3. The second-order valence-electron chi connectivity index (χ2n) is 9.36. The predicted octanol–water partition coefficient (Wildman–Crippen LogP) is 3.68. The first-order valence-corrected chi connectivity index (χ1v) is 12.2. The molecule has 0 radical (unpaired) electrons. The van der Waals surface area contributed by atoms with Crippen molar-refractivity contribution in [3.05, 3.63) is 47.6 Å². The molecule has 2 fully saturated rings. The maximum Gasteiger partial charge on any atom is 0.250 e. The van der Waals surface area contributed by atoms with Gasteiger partial charge in [0.25, 0.3) is 5.91 Å². The van der Waals surface area contributed by atoms with E-state index in [0.717, 1.165) is 37.9 Å². The topological polar surface area (TPSA) is 94.6 Å². The van der Waals surface area contributed by atoms with Gasteiger partial charge < -0.3 is 10.6 Å². The Morgan fingerprint density at radius 3 is 2.71 bits per heavy atom. The highest BCUT2D eigenvalue weighted by Gasteiger charge is 2.52. The van der Waals surface area contributed by atoms with Gasteiger partial charge in [-0.15, -0.1) is 0 Å². The number of amides is 3. The lowest BCUT2D eigenvalue weighted by Crippen LogP contribution is -2.62. The maximum absolute atomic E-state index is 13.7. The molecule has 5 rings (SSSR count). The van der Waals surface area contributed by atoms with E-state index < -0.39 is 5.54 Å². The Morgan fingerprint density at radius 1 is 1.15 bits per heavy atom. The quantitative estimate of drug-likeness (QED) is 0.694. The van der Waals surface area contributed by atoms with Gasteiger partial charge in [0.1, 0.15) is 11.4 Å². The van der Waals surface area contributed by atoms with E-state index in [1.165, 1.54) is 6.20 Å². The van der Waals surface area contributed by atoms with Gasteiger partial charge in [0.05, 0.1) is 28.9 Å². The van der Waals surface area contributed by atoms with Crippen LogP contribution in [0.2, 0.25) is 5.02 Å². The number of nitrogens with one attached hydrogen (secondary N) is 2. The Labute approximate surface area is 203 Å². The average molecular weight is 482 g/mol. The van der Waals surface area contributed by atoms with Crippen LogP contribution in [0.3, 0.4) is 0 Å². The van der Waals surface area contributed by atoms with Crippen LogP contribution in [-0.2, 0) is 14.4 Å². The number of hydrogen-bond acceptors (Lipinski definition) is 5. The van der Waals surface area contributed by atoms with Crippen molar-refractivity contribution in [1.29, 1.82) is 0 Å². The zero-order valence-electron chi connectivity index (χ0n) is 18.9. The van der Waals surface area contributed by atoms with E-state index >= 15 is 0 Å². The van der Waals surface area contributed by atoms with E-state index in [0.29, 0.717) is 35.9 Å². The Hall–Kier alpha value is -2.97. The number of benzene rings is 1.